The highest BCUT2D eigenvalue weighted by Crippen LogP contribution is 2.37. The van der Waals surface area contributed by atoms with Crippen LogP contribution >= 0.6 is 15.9 Å². The van der Waals surface area contributed by atoms with Crippen molar-refractivity contribution in [2.75, 3.05) is 13.1 Å². The Bertz CT molecular complexity index is 755. The third kappa shape index (κ3) is 2.32. The molecule has 3 heterocycles. The second-order valence-electron chi connectivity index (χ2n) is 5.58. The normalized spacial score (nSPS) is 17.6. The van der Waals surface area contributed by atoms with Crippen LogP contribution < -0.4 is 0 Å². The molecule has 108 valence electrons. The molecular formula is C17H17BrN2O. The Morgan fingerprint density at radius 2 is 1.90 bits per heavy atom. The average molecular weight is 345 g/mol. The summed E-state index contributed by atoms with van der Waals surface area (Å²) in [5.74, 6) is 1.01. The first-order valence-electron chi connectivity index (χ1n) is 7.38. The molecule has 21 heavy (non-hydrogen) atoms. The zero-order valence-corrected chi connectivity index (χ0v) is 13.3. The van der Waals surface area contributed by atoms with E-state index in [4.69, 9.17) is 4.42 Å². The van der Waals surface area contributed by atoms with Crippen LogP contribution in [0, 0.1) is 0 Å². The van der Waals surface area contributed by atoms with Gasteiger partial charge in [0.2, 0.25) is 0 Å². The van der Waals surface area contributed by atoms with Crippen LogP contribution in [0.1, 0.15) is 30.2 Å². The Hall–Kier alpha value is -1.52. The lowest BCUT2D eigenvalue weighted by Crippen LogP contribution is -2.26. The van der Waals surface area contributed by atoms with Crippen molar-refractivity contribution >= 4 is 26.8 Å². The molecule has 1 aliphatic heterocycles. The number of hydrogen-bond donors (Lipinski definition) is 1. The van der Waals surface area contributed by atoms with Crippen LogP contribution in [0.2, 0.25) is 0 Å². The highest BCUT2D eigenvalue weighted by Gasteiger charge is 2.29. The standard InChI is InChI=1S/C17H17BrN2O/c18-16-8-7-15(21-16)17(20-9-3-4-10-20)13-11-19-14-6-2-1-5-12(13)14/h1-2,5-8,11,17,19H,3-4,9-10H2. The summed E-state index contributed by atoms with van der Waals surface area (Å²) in [6.07, 6.45) is 4.66. The molecule has 3 aromatic rings. The number of nitrogens with one attached hydrogen (secondary N) is 1. The molecule has 1 atom stereocenters. The molecule has 0 amide bonds. The van der Waals surface area contributed by atoms with Gasteiger partial charge in [-0.2, -0.15) is 0 Å². The first-order chi connectivity index (χ1) is 10.3. The monoisotopic (exact) mass is 344 g/mol. The summed E-state index contributed by atoms with van der Waals surface area (Å²) in [7, 11) is 0. The van der Waals surface area contributed by atoms with E-state index in [1.807, 2.05) is 6.07 Å². The van der Waals surface area contributed by atoms with E-state index in [0.717, 1.165) is 23.5 Å². The zero-order valence-electron chi connectivity index (χ0n) is 11.7. The van der Waals surface area contributed by atoms with Gasteiger partial charge in [-0.3, -0.25) is 4.90 Å². The number of benzene rings is 1. The Kier molecular flexibility index (Phi) is 3.36. The first-order valence-corrected chi connectivity index (χ1v) is 8.17. The molecule has 0 radical (unpaired) electrons. The van der Waals surface area contributed by atoms with E-state index in [2.05, 4.69) is 62.3 Å². The number of fused-ring (bicyclic) bond motifs is 1. The molecular weight excluding hydrogens is 328 g/mol. The number of halogens is 1. The molecule has 4 rings (SSSR count). The average Bonchev–Trinajstić information content (AvgIpc) is 3.22. The van der Waals surface area contributed by atoms with Crippen molar-refractivity contribution in [3.8, 4) is 0 Å². The lowest BCUT2D eigenvalue weighted by Gasteiger charge is -2.25. The fraction of sp³-hybridized carbons (Fsp3) is 0.294. The van der Waals surface area contributed by atoms with Gasteiger partial charge in [0.1, 0.15) is 5.76 Å². The first kappa shape index (κ1) is 13.2. The van der Waals surface area contributed by atoms with Crippen molar-refractivity contribution in [3.05, 3.63) is 58.6 Å². The predicted octanol–water partition coefficient (Wildman–Crippen LogP) is 4.71. The molecule has 1 saturated heterocycles. The summed E-state index contributed by atoms with van der Waals surface area (Å²) in [5, 5.41) is 1.28. The quantitative estimate of drug-likeness (QED) is 0.746. The largest absolute Gasteiger partial charge is 0.452 e. The predicted molar refractivity (Wildman–Crippen MR) is 87.4 cm³/mol. The molecule has 4 heteroatoms. The lowest BCUT2D eigenvalue weighted by molar-refractivity contribution is 0.248. The van der Waals surface area contributed by atoms with Crippen molar-refractivity contribution in [3.63, 3.8) is 0 Å². The number of likely N-dealkylation sites (tertiary alicyclic amines) is 1. The molecule has 1 fully saturated rings. The molecule has 0 saturated carbocycles. The van der Waals surface area contributed by atoms with Crippen molar-refractivity contribution in [2.24, 2.45) is 0 Å². The summed E-state index contributed by atoms with van der Waals surface area (Å²) >= 11 is 3.43. The van der Waals surface area contributed by atoms with Crippen LogP contribution in [0.15, 0.2) is 51.7 Å². The number of para-hydroxylation sites is 1. The van der Waals surface area contributed by atoms with E-state index < -0.39 is 0 Å². The molecule has 1 aliphatic rings. The van der Waals surface area contributed by atoms with Crippen LogP contribution in [-0.4, -0.2) is 23.0 Å². The van der Waals surface area contributed by atoms with Gasteiger partial charge in [-0.25, -0.2) is 0 Å². The van der Waals surface area contributed by atoms with Crippen LogP contribution in [0.25, 0.3) is 10.9 Å². The van der Waals surface area contributed by atoms with Crippen molar-refractivity contribution in [1.82, 2.24) is 9.88 Å². The van der Waals surface area contributed by atoms with Crippen LogP contribution in [0.3, 0.4) is 0 Å². The van der Waals surface area contributed by atoms with Crippen LogP contribution in [-0.2, 0) is 0 Å². The molecule has 0 bridgehead atoms. The smallest absolute Gasteiger partial charge is 0.169 e. The van der Waals surface area contributed by atoms with E-state index in [-0.39, 0.29) is 6.04 Å². The maximum Gasteiger partial charge on any atom is 0.169 e. The summed E-state index contributed by atoms with van der Waals surface area (Å²) in [6, 6.07) is 12.7. The molecule has 0 spiro atoms. The highest BCUT2D eigenvalue weighted by atomic mass is 79.9. The number of aromatic amines is 1. The summed E-state index contributed by atoms with van der Waals surface area (Å²) in [6.45, 7) is 2.25. The topological polar surface area (TPSA) is 32.2 Å². The van der Waals surface area contributed by atoms with E-state index in [1.165, 1.54) is 29.3 Å². The van der Waals surface area contributed by atoms with Gasteiger partial charge in [-0.1, -0.05) is 18.2 Å². The minimum absolute atomic E-state index is 0.190. The van der Waals surface area contributed by atoms with Gasteiger partial charge >= 0.3 is 0 Å². The van der Waals surface area contributed by atoms with Gasteiger partial charge in [-0.15, -0.1) is 0 Å². The molecule has 3 nitrogen and oxygen atoms in total. The third-order valence-electron chi connectivity index (χ3n) is 4.29. The van der Waals surface area contributed by atoms with Crippen molar-refractivity contribution in [1.29, 1.82) is 0 Å². The second-order valence-corrected chi connectivity index (χ2v) is 6.36. The van der Waals surface area contributed by atoms with E-state index >= 15 is 0 Å². The van der Waals surface area contributed by atoms with E-state index in [9.17, 15) is 0 Å². The second kappa shape index (κ2) is 5.35. The van der Waals surface area contributed by atoms with Crippen molar-refractivity contribution in [2.45, 2.75) is 18.9 Å². The number of nitrogens with zero attached hydrogens (tertiary/aromatic N) is 1. The lowest BCUT2D eigenvalue weighted by atomic mass is 10.0. The highest BCUT2D eigenvalue weighted by molar-refractivity contribution is 9.10. The summed E-state index contributed by atoms with van der Waals surface area (Å²) in [4.78, 5) is 5.90. The summed E-state index contributed by atoms with van der Waals surface area (Å²) < 4.78 is 6.68. The Balaban J connectivity index is 1.85. The molecule has 1 N–H and O–H groups in total. The molecule has 1 unspecified atom stereocenters. The van der Waals surface area contributed by atoms with E-state index in [0.29, 0.717) is 0 Å². The van der Waals surface area contributed by atoms with Gasteiger partial charge in [0.25, 0.3) is 0 Å². The molecule has 1 aromatic carbocycles. The molecule has 2 aromatic heterocycles. The number of H-pyrrole nitrogens is 1. The summed E-state index contributed by atoms with van der Waals surface area (Å²) in [5.41, 5.74) is 2.48. The number of hydrogen-bond acceptors (Lipinski definition) is 2. The van der Waals surface area contributed by atoms with E-state index in [1.54, 1.807) is 0 Å². The van der Waals surface area contributed by atoms with Gasteiger partial charge < -0.3 is 9.40 Å². The van der Waals surface area contributed by atoms with Gasteiger partial charge in [0.05, 0.1) is 6.04 Å². The number of furan rings is 1. The fourth-order valence-corrected chi connectivity index (χ4v) is 3.64. The van der Waals surface area contributed by atoms with Crippen LogP contribution in [0.5, 0.6) is 0 Å². The minimum atomic E-state index is 0.190. The number of aromatic nitrogens is 1. The molecule has 0 aliphatic carbocycles. The van der Waals surface area contributed by atoms with Gasteiger partial charge in [0, 0.05) is 22.7 Å². The number of rotatable bonds is 3. The van der Waals surface area contributed by atoms with Gasteiger partial charge in [0.15, 0.2) is 4.67 Å². The zero-order chi connectivity index (χ0) is 14.2. The van der Waals surface area contributed by atoms with Crippen molar-refractivity contribution < 1.29 is 4.42 Å². The Labute approximate surface area is 132 Å². The van der Waals surface area contributed by atoms with Crippen LogP contribution in [0.4, 0.5) is 0 Å². The maximum atomic E-state index is 5.89. The minimum Gasteiger partial charge on any atom is -0.452 e. The van der Waals surface area contributed by atoms with Gasteiger partial charge in [-0.05, 0) is 60.1 Å². The Morgan fingerprint density at radius 3 is 2.67 bits per heavy atom. The fourth-order valence-electron chi connectivity index (χ4n) is 3.33. The third-order valence-corrected chi connectivity index (χ3v) is 4.71. The SMILES string of the molecule is Brc1ccc(C(c2c[nH]c3ccccc23)N2CCCC2)o1. The Morgan fingerprint density at radius 1 is 1.10 bits per heavy atom. The maximum absolute atomic E-state index is 5.89.